The lowest BCUT2D eigenvalue weighted by Gasteiger charge is -2.59. The molecule has 1 aliphatic heterocycles. The monoisotopic (exact) mass is 332 g/mol. The molecule has 6 atom stereocenters. The Bertz CT molecular complexity index is 643. The van der Waals surface area contributed by atoms with E-state index in [4.69, 9.17) is 0 Å². The smallest absolute Gasteiger partial charge is 0.226 e. The van der Waals surface area contributed by atoms with Crippen LogP contribution in [0.2, 0.25) is 0 Å². The molecule has 3 aliphatic carbocycles. The molecule has 0 spiro atoms. The average Bonchev–Trinajstić information content (AvgIpc) is 2.86. The first-order valence-electron chi connectivity index (χ1n) is 9.19. The van der Waals surface area contributed by atoms with Gasteiger partial charge in [-0.1, -0.05) is 25.1 Å². The van der Waals surface area contributed by atoms with E-state index in [0.29, 0.717) is 24.7 Å². The van der Waals surface area contributed by atoms with Gasteiger partial charge in [-0.05, 0) is 49.9 Å². The normalized spacial score (nSPS) is 49.5. The summed E-state index contributed by atoms with van der Waals surface area (Å²) in [5, 5.41) is 24.1. The van der Waals surface area contributed by atoms with Gasteiger partial charge in [0.1, 0.15) is 0 Å². The van der Waals surface area contributed by atoms with Crippen molar-refractivity contribution in [3.8, 4) is 0 Å². The van der Waals surface area contributed by atoms with Crippen molar-refractivity contribution in [3.63, 3.8) is 0 Å². The fourth-order valence-electron chi connectivity index (χ4n) is 6.67. The summed E-state index contributed by atoms with van der Waals surface area (Å²) in [6.45, 7) is 4.40. The molecule has 5 nitrogen and oxygen atoms in total. The van der Waals surface area contributed by atoms with Gasteiger partial charge >= 0.3 is 0 Å². The Morgan fingerprint density at radius 1 is 1.29 bits per heavy atom. The van der Waals surface area contributed by atoms with E-state index >= 15 is 0 Å². The molecule has 1 saturated heterocycles. The van der Waals surface area contributed by atoms with Gasteiger partial charge in [0.2, 0.25) is 5.91 Å². The number of amides is 1. The Balaban J connectivity index is 1.77. The zero-order chi connectivity index (χ0) is 17.3. The highest BCUT2D eigenvalue weighted by atomic mass is 16.4. The zero-order valence-electron chi connectivity index (χ0n) is 14.8. The van der Waals surface area contributed by atoms with Gasteiger partial charge in [0.15, 0.2) is 0 Å². The number of rotatable bonds is 0. The Morgan fingerprint density at radius 2 is 2.04 bits per heavy atom. The fraction of sp³-hybridized carbons (Fsp3) is 0.789. The number of allylic oxidation sites excluding steroid dienone is 2. The zero-order valence-corrected chi connectivity index (χ0v) is 14.8. The second-order valence-corrected chi connectivity index (χ2v) is 8.77. The third kappa shape index (κ3) is 1.85. The first kappa shape index (κ1) is 16.1. The highest BCUT2D eigenvalue weighted by Gasteiger charge is 2.61. The topological polar surface area (TPSA) is 73.1 Å². The molecule has 6 unspecified atom stereocenters. The van der Waals surface area contributed by atoms with Crippen molar-refractivity contribution in [2.45, 2.75) is 58.5 Å². The molecule has 0 bridgehead atoms. The number of carbonyl (C=O) groups excluding carboxylic acids is 1. The molecule has 2 N–H and O–H groups in total. The Morgan fingerprint density at radius 3 is 2.75 bits per heavy atom. The highest BCUT2D eigenvalue weighted by Crippen LogP contribution is 2.63. The number of hydrogen-bond acceptors (Lipinski definition) is 4. The van der Waals surface area contributed by atoms with Gasteiger partial charge in [-0.3, -0.25) is 4.79 Å². The number of fused-ring (bicyclic) bond motifs is 5. The summed E-state index contributed by atoms with van der Waals surface area (Å²) in [6.07, 6.45) is 6.65. The number of nitrogens with zero attached hydrogens (tertiary/aromatic N) is 2. The van der Waals surface area contributed by atoms with E-state index in [1.807, 2.05) is 11.9 Å². The van der Waals surface area contributed by atoms with E-state index in [1.54, 1.807) is 0 Å². The van der Waals surface area contributed by atoms with Crippen molar-refractivity contribution in [1.82, 2.24) is 4.90 Å². The maximum absolute atomic E-state index is 12.1. The fourth-order valence-corrected chi connectivity index (χ4v) is 6.67. The summed E-state index contributed by atoms with van der Waals surface area (Å²) in [4.78, 5) is 13.9. The summed E-state index contributed by atoms with van der Waals surface area (Å²) in [5.74, 6) is 1.22. The van der Waals surface area contributed by atoms with Gasteiger partial charge in [-0.25, -0.2) is 0 Å². The minimum atomic E-state index is -0.415. The van der Waals surface area contributed by atoms with Crippen LogP contribution in [0.3, 0.4) is 0 Å². The van der Waals surface area contributed by atoms with Crippen molar-refractivity contribution in [1.29, 1.82) is 0 Å². The van der Waals surface area contributed by atoms with E-state index in [9.17, 15) is 15.1 Å². The van der Waals surface area contributed by atoms with Crippen LogP contribution < -0.4 is 0 Å². The molecule has 1 heterocycles. The molecule has 0 aromatic carbocycles. The van der Waals surface area contributed by atoms with E-state index in [1.165, 1.54) is 0 Å². The van der Waals surface area contributed by atoms with Crippen LogP contribution >= 0.6 is 0 Å². The van der Waals surface area contributed by atoms with E-state index in [2.05, 4.69) is 25.1 Å². The maximum atomic E-state index is 12.1. The van der Waals surface area contributed by atoms with Gasteiger partial charge in [-0.2, -0.15) is 0 Å². The lowest BCUT2D eigenvalue weighted by atomic mass is 9.49. The predicted molar refractivity (Wildman–Crippen MR) is 90.5 cm³/mol. The van der Waals surface area contributed by atoms with Crippen LogP contribution in [0.4, 0.5) is 0 Å². The first-order chi connectivity index (χ1) is 11.3. The summed E-state index contributed by atoms with van der Waals surface area (Å²) < 4.78 is 0. The van der Waals surface area contributed by atoms with Gasteiger partial charge in [0.25, 0.3) is 0 Å². The minimum absolute atomic E-state index is 0.133. The van der Waals surface area contributed by atoms with Crippen molar-refractivity contribution in [2.24, 2.45) is 33.7 Å². The standard InChI is InChI=1S/C19H28N2O3/c1-18-9-8-16(23)21(3)15(18)7-4-11-12-5-6-14(20-24)19(12,2)10-13(22)17(11)18/h7,11-13,17,22,24H,4-6,8-10H2,1-3H3/b20-14+. The van der Waals surface area contributed by atoms with Gasteiger partial charge in [-0.15, -0.1) is 0 Å². The molecule has 2 saturated carbocycles. The molecule has 1 amide bonds. The van der Waals surface area contributed by atoms with E-state index in [0.717, 1.165) is 37.1 Å². The largest absolute Gasteiger partial charge is 0.411 e. The number of carbonyl (C=O) groups is 1. The lowest BCUT2D eigenvalue weighted by Crippen LogP contribution is -2.58. The maximum Gasteiger partial charge on any atom is 0.226 e. The van der Waals surface area contributed by atoms with Crippen LogP contribution in [0, 0.1) is 28.6 Å². The number of hydrogen-bond donors (Lipinski definition) is 2. The van der Waals surface area contributed by atoms with E-state index < -0.39 is 6.10 Å². The third-order valence-corrected chi connectivity index (χ3v) is 7.81. The molecule has 24 heavy (non-hydrogen) atoms. The number of piperidine rings is 1. The molecule has 0 aromatic rings. The van der Waals surface area contributed by atoms with E-state index in [-0.39, 0.29) is 22.7 Å². The summed E-state index contributed by atoms with van der Waals surface area (Å²) in [7, 11) is 1.87. The van der Waals surface area contributed by atoms with Crippen LogP contribution in [0.5, 0.6) is 0 Å². The number of oxime groups is 1. The molecule has 0 radical (unpaired) electrons. The molecule has 5 heteroatoms. The molecular weight excluding hydrogens is 304 g/mol. The first-order valence-corrected chi connectivity index (χ1v) is 9.19. The van der Waals surface area contributed by atoms with Crippen molar-refractivity contribution in [2.75, 3.05) is 7.05 Å². The summed E-state index contributed by atoms with van der Waals surface area (Å²) in [5.41, 5.74) is 1.65. The molecule has 132 valence electrons. The second kappa shape index (κ2) is 5.07. The predicted octanol–water partition coefficient (Wildman–Crippen LogP) is 2.78. The van der Waals surface area contributed by atoms with Crippen LogP contribution in [0.15, 0.2) is 16.9 Å². The number of aliphatic hydroxyl groups excluding tert-OH is 1. The van der Waals surface area contributed by atoms with Crippen LogP contribution in [0.1, 0.15) is 52.4 Å². The van der Waals surface area contributed by atoms with Crippen molar-refractivity contribution in [3.05, 3.63) is 11.8 Å². The Hall–Kier alpha value is -1.36. The molecule has 4 aliphatic rings. The van der Waals surface area contributed by atoms with Crippen LogP contribution in [-0.2, 0) is 4.79 Å². The van der Waals surface area contributed by atoms with Gasteiger partial charge < -0.3 is 15.2 Å². The molecule has 3 fully saturated rings. The van der Waals surface area contributed by atoms with Crippen LogP contribution in [0.25, 0.3) is 0 Å². The molecule has 0 aromatic heterocycles. The second-order valence-electron chi connectivity index (χ2n) is 8.77. The highest BCUT2D eigenvalue weighted by molar-refractivity contribution is 5.92. The lowest BCUT2D eigenvalue weighted by molar-refractivity contribution is -0.141. The minimum Gasteiger partial charge on any atom is -0.411 e. The SMILES string of the molecule is CN1C(=O)CCC2(C)C1=CCC1C2C(O)CC2(C)/C(=N/O)CCC12. The van der Waals surface area contributed by atoms with Crippen molar-refractivity contribution >= 4 is 11.6 Å². The Labute approximate surface area is 143 Å². The summed E-state index contributed by atoms with van der Waals surface area (Å²) in [6, 6.07) is 0. The quantitative estimate of drug-likeness (QED) is 0.529. The number of likely N-dealkylation sites (tertiary alicyclic amines) is 1. The summed E-state index contributed by atoms with van der Waals surface area (Å²) >= 11 is 0. The van der Waals surface area contributed by atoms with Gasteiger partial charge in [0.05, 0.1) is 11.8 Å². The van der Waals surface area contributed by atoms with Gasteiger partial charge in [0, 0.05) is 30.0 Å². The van der Waals surface area contributed by atoms with Crippen molar-refractivity contribution < 1.29 is 15.1 Å². The Kier molecular flexibility index (Phi) is 3.41. The van der Waals surface area contributed by atoms with Crippen LogP contribution in [-0.4, -0.2) is 40.0 Å². The molecular formula is C19H28N2O3. The third-order valence-electron chi connectivity index (χ3n) is 7.81. The molecule has 4 rings (SSSR count). The average molecular weight is 332 g/mol. The number of aliphatic hydroxyl groups is 1.